The Morgan fingerprint density at radius 1 is 1.10 bits per heavy atom. The molecule has 2 rings (SSSR count). The lowest BCUT2D eigenvalue weighted by Crippen LogP contribution is -2.02. The van der Waals surface area contributed by atoms with Crippen molar-refractivity contribution in [1.29, 1.82) is 0 Å². The molecular formula is C16H17NO4. The maximum absolute atomic E-state index is 11.0. The molecule has 2 aromatic rings. The normalized spacial score (nSPS) is 10.1. The van der Waals surface area contributed by atoms with Crippen LogP contribution in [0, 0.1) is 0 Å². The summed E-state index contributed by atoms with van der Waals surface area (Å²) in [5.74, 6) is 0.706. The van der Waals surface area contributed by atoms with Crippen LogP contribution in [-0.4, -0.2) is 17.7 Å². The lowest BCUT2D eigenvalue weighted by atomic mass is 10.2. The largest absolute Gasteiger partial charge is 0.494 e. The highest BCUT2D eigenvalue weighted by atomic mass is 16.5. The summed E-state index contributed by atoms with van der Waals surface area (Å²) in [4.78, 5) is 11.0. The number of aromatic carboxylic acids is 1. The molecule has 0 heterocycles. The number of carboxylic acid groups (broad SMARTS) is 1. The number of rotatable bonds is 6. The van der Waals surface area contributed by atoms with Gasteiger partial charge in [0.1, 0.15) is 17.2 Å². The second kappa shape index (κ2) is 6.65. The van der Waals surface area contributed by atoms with Gasteiger partial charge >= 0.3 is 5.97 Å². The smallest absolute Gasteiger partial charge is 0.337 e. The van der Waals surface area contributed by atoms with Crippen molar-refractivity contribution in [1.82, 2.24) is 0 Å². The number of hydrogen-bond donors (Lipinski definition) is 2. The van der Waals surface area contributed by atoms with Crippen molar-refractivity contribution in [3.8, 4) is 17.2 Å². The molecule has 0 saturated carbocycles. The fraction of sp³-hybridized carbons (Fsp3) is 0.188. The van der Waals surface area contributed by atoms with Gasteiger partial charge in [0.25, 0.3) is 0 Å². The van der Waals surface area contributed by atoms with Crippen LogP contribution in [-0.2, 0) is 0 Å². The van der Waals surface area contributed by atoms with E-state index in [-0.39, 0.29) is 11.3 Å². The van der Waals surface area contributed by atoms with Crippen LogP contribution in [0.2, 0.25) is 0 Å². The second-order valence-electron chi connectivity index (χ2n) is 4.48. The lowest BCUT2D eigenvalue weighted by molar-refractivity contribution is 0.0697. The van der Waals surface area contributed by atoms with Gasteiger partial charge < -0.3 is 20.3 Å². The van der Waals surface area contributed by atoms with Crippen LogP contribution in [0.1, 0.15) is 23.7 Å². The highest BCUT2D eigenvalue weighted by Crippen LogP contribution is 2.26. The van der Waals surface area contributed by atoms with Crippen LogP contribution in [0.4, 0.5) is 5.69 Å². The molecule has 0 radical (unpaired) electrons. The van der Waals surface area contributed by atoms with Crippen molar-refractivity contribution in [2.24, 2.45) is 0 Å². The van der Waals surface area contributed by atoms with Gasteiger partial charge in [0.2, 0.25) is 0 Å². The van der Waals surface area contributed by atoms with E-state index in [4.69, 9.17) is 20.3 Å². The van der Waals surface area contributed by atoms with Crippen molar-refractivity contribution in [2.45, 2.75) is 13.3 Å². The van der Waals surface area contributed by atoms with Crippen LogP contribution >= 0.6 is 0 Å². The predicted octanol–water partition coefficient (Wildman–Crippen LogP) is 3.55. The summed E-state index contributed by atoms with van der Waals surface area (Å²) in [5.41, 5.74) is 5.83. The fourth-order valence-corrected chi connectivity index (χ4v) is 1.74. The molecule has 21 heavy (non-hydrogen) atoms. The summed E-state index contributed by atoms with van der Waals surface area (Å²) in [5, 5.41) is 9.02. The summed E-state index contributed by atoms with van der Waals surface area (Å²) in [7, 11) is 0. The topological polar surface area (TPSA) is 81.8 Å². The molecule has 0 aromatic heterocycles. The Bertz CT molecular complexity index is 623. The van der Waals surface area contributed by atoms with Gasteiger partial charge in [-0.2, -0.15) is 0 Å². The molecule has 0 atom stereocenters. The molecule has 2 aromatic carbocycles. The number of carboxylic acids is 1. The minimum absolute atomic E-state index is 0.0235. The fourth-order valence-electron chi connectivity index (χ4n) is 1.74. The number of nitrogens with two attached hydrogens (primary N) is 1. The Balaban J connectivity index is 2.11. The summed E-state index contributed by atoms with van der Waals surface area (Å²) in [6.07, 6.45) is 0.946. The number of nitrogen functional groups attached to an aromatic ring is 1. The molecule has 0 fully saturated rings. The third-order valence-electron chi connectivity index (χ3n) is 2.79. The molecule has 0 saturated heterocycles. The van der Waals surface area contributed by atoms with E-state index in [1.54, 1.807) is 30.3 Å². The zero-order valence-corrected chi connectivity index (χ0v) is 11.7. The molecule has 0 aliphatic carbocycles. The van der Waals surface area contributed by atoms with E-state index in [1.807, 2.05) is 6.92 Å². The first-order valence-electron chi connectivity index (χ1n) is 6.63. The molecule has 5 nitrogen and oxygen atoms in total. The minimum Gasteiger partial charge on any atom is -0.494 e. The molecule has 0 spiro atoms. The SMILES string of the molecule is CCCOc1ccc(Oc2ccc(N)c(C(=O)O)c2)cc1. The highest BCUT2D eigenvalue weighted by Gasteiger charge is 2.09. The Morgan fingerprint density at radius 3 is 2.33 bits per heavy atom. The van der Waals surface area contributed by atoms with Crippen molar-refractivity contribution in [3.05, 3.63) is 48.0 Å². The minimum atomic E-state index is -1.08. The third-order valence-corrected chi connectivity index (χ3v) is 2.79. The van der Waals surface area contributed by atoms with E-state index in [0.29, 0.717) is 18.1 Å². The van der Waals surface area contributed by atoms with Crippen molar-refractivity contribution in [2.75, 3.05) is 12.3 Å². The van der Waals surface area contributed by atoms with Crippen LogP contribution < -0.4 is 15.2 Å². The highest BCUT2D eigenvalue weighted by molar-refractivity contribution is 5.94. The van der Waals surface area contributed by atoms with E-state index < -0.39 is 5.97 Å². The molecule has 0 bridgehead atoms. The van der Waals surface area contributed by atoms with Gasteiger partial charge in [0.15, 0.2) is 0 Å². The molecular weight excluding hydrogens is 270 g/mol. The first-order valence-corrected chi connectivity index (χ1v) is 6.63. The quantitative estimate of drug-likeness (QED) is 0.794. The Hall–Kier alpha value is -2.69. The third kappa shape index (κ3) is 3.89. The molecule has 3 N–H and O–H groups in total. The standard InChI is InChI=1S/C16H17NO4/c1-2-9-20-11-3-5-12(6-4-11)21-13-7-8-15(17)14(10-13)16(18)19/h3-8,10H,2,9,17H2,1H3,(H,18,19). The van der Waals surface area contributed by atoms with Crippen LogP contribution in [0.3, 0.4) is 0 Å². The average molecular weight is 287 g/mol. The molecule has 5 heteroatoms. The zero-order valence-electron chi connectivity index (χ0n) is 11.7. The number of ether oxygens (including phenoxy) is 2. The molecule has 0 amide bonds. The van der Waals surface area contributed by atoms with E-state index in [2.05, 4.69) is 0 Å². The summed E-state index contributed by atoms with van der Waals surface area (Å²) in [6, 6.07) is 11.7. The van der Waals surface area contributed by atoms with Gasteiger partial charge in [-0.05, 0) is 48.9 Å². The van der Waals surface area contributed by atoms with Gasteiger partial charge in [-0.3, -0.25) is 0 Å². The molecule has 110 valence electrons. The predicted molar refractivity (Wildman–Crippen MR) is 80.1 cm³/mol. The molecule has 0 unspecified atom stereocenters. The van der Waals surface area contributed by atoms with E-state index in [1.165, 1.54) is 12.1 Å². The second-order valence-corrected chi connectivity index (χ2v) is 4.48. The van der Waals surface area contributed by atoms with Crippen molar-refractivity contribution >= 4 is 11.7 Å². The first kappa shape index (κ1) is 14.7. The Morgan fingerprint density at radius 2 is 1.71 bits per heavy atom. The number of carbonyl (C=O) groups is 1. The van der Waals surface area contributed by atoms with E-state index in [0.717, 1.165) is 12.2 Å². The molecule has 0 aliphatic heterocycles. The maximum Gasteiger partial charge on any atom is 0.337 e. The zero-order chi connectivity index (χ0) is 15.2. The number of hydrogen-bond acceptors (Lipinski definition) is 4. The van der Waals surface area contributed by atoms with E-state index in [9.17, 15) is 4.79 Å². The van der Waals surface area contributed by atoms with Crippen molar-refractivity contribution < 1.29 is 19.4 Å². The van der Waals surface area contributed by atoms with Crippen LogP contribution in [0.25, 0.3) is 0 Å². The summed E-state index contributed by atoms with van der Waals surface area (Å²) in [6.45, 7) is 2.71. The monoisotopic (exact) mass is 287 g/mol. The Labute approximate surface area is 122 Å². The summed E-state index contributed by atoms with van der Waals surface area (Å²) >= 11 is 0. The number of benzene rings is 2. The van der Waals surface area contributed by atoms with E-state index >= 15 is 0 Å². The summed E-state index contributed by atoms with van der Waals surface area (Å²) < 4.78 is 11.1. The average Bonchev–Trinajstić information content (AvgIpc) is 2.48. The first-order chi connectivity index (χ1) is 10.1. The molecule has 0 aliphatic rings. The van der Waals surface area contributed by atoms with Gasteiger partial charge in [-0.1, -0.05) is 6.92 Å². The number of anilines is 1. The van der Waals surface area contributed by atoms with Crippen LogP contribution in [0.5, 0.6) is 17.2 Å². The van der Waals surface area contributed by atoms with Gasteiger partial charge in [0.05, 0.1) is 12.2 Å². The van der Waals surface area contributed by atoms with Gasteiger partial charge in [0, 0.05) is 5.69 Å². The van der Waals surface area contributed by atoms with Gasteiger partial charge in [-0.15, -0.1) is 0 Å². The van der Waals surface area contributed by atoms with Crippen LogP contribution in [0.15, 0.2) is 42.5 Å². The van der Waals surface area contributed by atoms with Crippen molar-refractivity contribution in [3.63, 3.8) is 0 Å². The Kier molecular flexibility index (Phi) is 4.66. The lowest BCUT2D eigenvalue weighted by Gasteiger charge is -2.09. The van der Waals surface area contributed by atoms with Gasteiger partial charge in [-0.25, -0.2) is 4.79 Å². The maximum atomic E-state index is 11.0.